The summed E-state index contributed by atoms with van der Waals surface area (Å²) in [5, 5.41) is 4.24. The molecule has 0 bridgehead atoms. The molecule has 3 aliphatic rings. The Hall–Kier alpha value is -2.95. The summed E-state index contributed by atoms with van der Waals surface area (Å²) in [5.41, 5.74) is 5.47. The Labute approximate surface area is 151 Å². The van der Waals surface area contributed by atoms with Gasteiger partial charge in [-0.2, -0.15) is 0 Å². The van der Waals surface area contributed by atoms with Crippen molar-refractivity contribution in [3.8, 4) is 11.5 Å². The average Bonchev–Trinajstić information content (AvgIpc) is 2.62. The molecule has 1 aromatic rings. The van der Waals surface area contributed by atoms with Gasteiger partial charge < -0.3 is 9.73 Å². The van der Waals surface area contributed by atoms with Crippen LogP contribution >= 0.6 is 0 Å². The normalized spacial score (nSPS) is 14.3. The van der Waals surface area contributed by atoms with E-state index in [-0.39, 0.29) is 5.78 Å². The van der Waals surface area contributed by atoms with Crippen molar-refractivity contribution in [3.05, 3.63) is 46.3 Å². The van der Waals surface area contributed by atoms with Crippen LogP contribution in [0.25, 0.3) is 28.6 Å². The number of carbonyl (C=O) groups is 1. The molecule has 1 aromatic carbocycles. The molecule has 0 aromatic heterocycles. The predicted octanol–water partition coefficient (Wildman–Crippen LogP) is 4.19. The number of hydrogen-bond acceptors (Lipinski definition) is 5. The number of aryl methyl sites for hydroxylation is 1. The standard InChI is InChI=1S/C21H21N3O2/c1-4-22-14-10-18-16(9-12(14)3)24-21-19(26-18)11-15(23-5-2)13-7-6-8-17(25)20(13)21/h6-7,9-11,23H,4-5,8H2,1-3H3. The van der Waals surface area contributed by atoms with Crippen LogP contribution in [0, 0.1) is 6.92 Å². The van der Waals surface area contributed by atoms with E-state index in [4.69, 9.17) is 9.40 Å². The van der Waals surface area contributed by atoms with Crippen LogP contribution in [0.1, 0.15) is 41.8 Å². The van der Waals surface area contributed by atoms with Gasteiger partial charge in [-0.15, -0.1) is 0 Å². The molecule has 0 unspecified atom stereocenters. The van der Waals surface area contributed by atoms with Gasteiger partial charge in [-0.3, -0.25) is 9.79 Å². The molecule has 5 nitrogen and oxygen atoms in total. The lowest BCUT2D eigenvalue weighted by Crippen LogP contribution is -2.12. The highest BCUT2D eigenvalue weighted by molar-refractivity contribution is 6.13. The molecule has 0 saturated heterocycles. The second kappa shape index (κ2) is 6.41. The van der Waals surface area contributed by atoms with Gasteiger partial charge in [0, 0.05) is 42.9 Å². The molecular formula is C21H21N3O2. The third-order valence-electron chi connectivity index (χ3n) is 4.60. The van der Waals surface area contributed by atoms with Crippen LogP contribution < -0.4 is 10.7 Å². The Morgan fingerprint density at radius 3 is 2.88 bits per heavy atom. The second-order valence-electron chi connectivity index (χ2n) is 6.41. The fourth-order valence-corrected chi connectivity index (χ4v) is 3.44. The highest BCUT2D eigenvalue weighted by Gasteiger charge is 2.23. The molecule has 2 aliphatic carbocycles. The predicted molar refractivity (Wildman–Crippen MR) is 104 cm³/mol. The molecule has 132 valence electrons. The van der Waals surface area contributed by atoms with Crippen LogP contribution in [0.2, 0.25) is 0 Å². The molecule has 26 heavy (non-hydrogen) atoms. The van der Waals surface area contributed by atoms with Gasteiger partial charge in [0.2, 0.25) is 0 Å². The zero-order valence-corrected chi connectivity index (χ0v) is 15.2. The number of allylic oxidation sites excluding steroid dienone is 1. The van der Waals surface area contributed by atoms with Crippen LogP contribution in [-0.4, -0.2) is 23.9 Å². The fourth-order valence-electron chi connectivity index (χ4n) is 3.44. The van der Waals surface area contributed by atoms with Crippen LogP contribution in [0.4, 0.5) is 5.69 Å². The summed E-state index contributed by atoms with van der Waals surface area (Å²) >= 11 is 0. The lowest BCUT2D eigenvalue weighted by Gasteiger charge is -2.18. The first-order valence-corrected chi connectivity index (χ1v) is 8.98. The number of rotatable bonds is 3. The summed E-state index contributed by atoms with van der Waals surface area (Å²) in [4.78, 5) is 21.9. The first-order chi connectivity index (χ1) is 12.6. The van der Waals surface area contributed by atoms with Crippen molar-refractivity contribution in [2.75, 3.05) is 18.4 Å². The third-order valence-corrected chi connectivity index (χ3v) is 4.60. The zero-order valence-electron chi connectivity index (χ0n) is 15.2. The number of Topliss-reactive ketones (excluding diaryl/α,β-unsaturated/α-hetero) is 1. The SMILES string of the molecule is CCN=c1cc2oc3cc(NCC)c4c(c3nc-2cc1C)C(=O)CC=C4. The number of nitrogens with one attached hydrogen (secondary N) is 1. The van der Waals surface area contributed by atoms with Crippen molar-refractivity contribution < 1.29 is 9.21 Å². The van der Waals surface area contributed by atoms with Crippen molar-refractivity contribution in [3.63, 3.8) is 0 Å². The van der Waals surface area contributed by atoms with Crippen LogP contribution in [0.3, 0.4) is 0 Å². The summed E-state index contributed by atoms with van der Waals surface area (Å²) in [5.74, 6) is 0.750. The van der Waals surface area contributed by atoms with Crippen molar-refractivity contribution >= 4 is 28.6 Å². The van der Waals surface area contributed by atoms with Crippen molar-refractivity contribution in [2.24, 2.45) is 4.99 Å². The molecule has 0 radical (unpaired) electrons. The molecular weight excluding hydrogens is 326 g/mol. The molecule has 0 fully saturated rings. The number of aromatic nitrogens is 1. The summed E-state index contributed by atoms with van der Waals surface area (Å²) in [6, 6.07) is 5.83. The largest absolute Gasteiger partial charge is 0.453 e. The van der Waals surface area contributed by atoms with Crippen molar-refractivity contribution in [1.29, 1.82) is 0 Å². The molecule has 5 heteroatoms. The van der Waals surface area contributed by atoms with E-state index in [2.05, 4.69) is 10.3 Å². The van der Waals surface area contributed by atoms with Gasteiger partial charge in [0.05, 0.1) is 10.9 Å². The van der Waals surface area contributed by atoms with Crippen LogP contribution in [0.5, 0.6) is 0 Å². The van der Waals surface area contributed by atoms with Gasteiger partial charge in [0.25, 0.3) is 0 Å². The van der Waals surface area contributed by atoms with E-state index in [1.54, 1.807) is 0 Å². The Morgan fingerprint density at radius 2 is 2.12 bits per heavy atom. The number of ketones is 1. The van der Waals surface area contributed by atoms with Gasteiger partial charge in [-0.25, -0.2) is 4.98 Å². The van der Waals surface area contributed by atoms with E-state index in [0.29, 0.717) is 35.4 Å². The molecule has 0 spiro atoms. The Bertz CT molecular complexity index is 1090. The molecule has 1 N–H and O–H groups in total. The molecule has 0 amide bonds. The van der Waals surface area contributed by atoms with E-state index in [9.17, 15) is 4.79 Å². The van der Waals surface area contributed by atoms with Gasteiger partial charge >= 0.3 is 0 Å². The quantitative estimate of drug-likeness (QED) is 0.721. The average molecular weight is 347 g/mol. The molecule has 1 aliphatic heterocycles. The first-order valence-electron chi connectivity index (χ1n) is 8.98. The lowest BCUT2D eigenvalue weighted by atomic mass is 9.93. The van der Waals surface area contributed by atoms with Crippen LogP contribution in [0.15, 0.2) is 33.7 Å². The molecule has 0 saturated carbocycles. The first kappa shape index (κ1) is 16.5. The number of anilines is 1. The third kappa shape index (κ3) is 2.60. The molecule has 4 rings (SSSR count). The van der Waals surface area contributed by atoms with E-state index in [0.717, 1.165) is 34.4 Å². The minimum atomic E-state index is 0.0728. The Balaban J connectivity index is 2.09. The molecule has 1 heterocycles. The summed E-state index contributed by atoms with van der Waals surface area (Å²) in [6.45, 7) is 7.53. The van der Waals surface area contributed by atoms with Crippen molar-refractivity contribution in [1.82, 2.24) is 4.98 Å². The maximum atomic E-state index is 12.6. The van der Waals surface area contributed by atoms with Gasteiger partial charge in [0.1, 0.15) is 11.2 Å². The number of nitrogens with zero attached hydrogens (tertiary/aromatic N) is 2. The maximum absolute atomic E-state index is 12.6. The zero-order chi connectivity index (χ0) is 18.3. The summed E-state index contributed by atoms with van der Waals surface area (Å²) in [6.07, 6.45) is 4.29. The Morgan fingerprint density at radius 1 is 1.27 bits per heavy atom. The molecule has 0 atom stereocenters. The summed E-state index contributed by atoms with van der Waals surface area (Å²) < 4.78 is 6.15. The number of fused-ring (bicyclic) bond motifs is 4. The van der Waals surface area contributed by atoms with E-state index >= 15 is 0 Å². The highest BCUT2D eigenvalue weighted by atomic mass is 16.3. The topological polar surface area (TPSA) is 67.5 Å². The smallest absolute Gasteiger partial charge is 0.169 e. The lowest BCUT2D eigenvalue weighted by molar-refractivity contribution is 0.0996. The van der Waals surface area contributed by atoms with Gasteiger partial charge in [-0.1, -0.05) is 12.2 Å². The van der Waals surface area contributed by atoms with Gasteiger partial charge in [0.15, 0.2) is 17.1 Å². The minimum Gasteiger partial charge on any atom is -0.453 e. The van der Waals surface area contributed by atoms with Gasteiger partial charge in [-0.05, 0) is 32.4 Å². The van der Waals surface area contributed by atoms with E-state index < -0.39 is 0 Å². The van der Waals surface area contributed by atoms with Crippen LogP contribution in [-0.2, 0) is 0 Å². The highest BCUT2D eigenvalue weighted by Crippen LogP contribution is 2.35. The van der Waals surface area contributed by atoms with Crippen molar-refractivity contribution in [2.45, 2.75) is 27.2 Å². The number of carbonyl (C=O) groups excluding carboxylic acids is 1. The summed E-state index contributed by atoms with van der Waals surface area (Å²) in [7, 11) is 0. The fraction of sp³-hybridized carbons (Fsp3) is 0.286. The maximum Gasteiger partial charge on any atom is 0.169 e. The number of benzene rings is 2. The number of hydrogen-bond donors (Lipinski definition) is 1. The van der Waals surface area contributed by atoms with E-state index in [1.807, 2.05) is 51.1 Å². The van der Waals surface area contributed by atoms with E-state index in [1.165, 1.54) is 0 Å². The second-order valence-corrected chi connectivity index (χ2v) is 6.41. The minimum absolute atomic E-state index is 0.0728. The monoisotopic (exact) mass is 347 g/mol. The Kier molecular flexibility index (Phi) is 4.07.